The predicted octanol–water partition coefficient (Wildman–Crippen LogP) is 6.51. The summed E-state index contributed by atoms with van der Waals surface area (Å²) < 4.78 is 0. The molecule has 1 aromatic rings. The second kappa shape index (κ2) is 21.5. The van der Waals surface area contributed by atoms with Gasteiger partial charge in [0.2, 0.25) is 0 Å². The highest BCUT2D eigenvalue weighted by Gasteiger charge is 1.95. The molecule has 0 aliphatic carbocycles. The van der Waals surface area contributed by atoms with Gasteiger partial charge < -0.3 is 5.32 Å². The van der Waals surface area contributed by atoms with Crippen molar-refractivity contribution in [1.29, 1.82) is 0 Å². The van der Waals surface area contributed by atoms with E-state index in [-0.39, 0.29) is 8.41 Å². The first kappa shape index (κ1) is 26.2. The zero-order valence-electron chi connectivity index (χ0n) is 17.6. The summed E-state index contributed by atoms with van der Waals surface area (Å²) in [4.78, 5) is 0. The summed E-state index contributed by atoms with van der Waals surface area (Å²) in [7, 11) is 0. The van der Waals surface area contributed by atoms with E-state index >= 15 is 0 Å². The highest BCUT2D eigenvalue weighted by Crippen LogP contribution is 2.11. The summed E-state index contributed by atoms with van der Waals surface area (Å²) in [6, 6.07) is 10.9. The Morgan fingerprint density at radius 2 is 1.00 bits per heavy atom. The molecule has 0 atom stereocenters. The lowest BCUT2D eigenvalue weighted by molar-refractivity contribution is 0.533. The van der Waals surface area contributed by atoms with Gasteiger partial charge in [0.05, 0.1) is 8.41 Å². The minimum atomic E-state index is 0. The van der Waals surface area contributed by atoms with Crippen LogP contribution in [0.1, 0.15) is 109 Å². The Hall–Kier alpha value is -0.755. The summed E-state index contributed by atoms with van der Waals surface area (Å²) in [5, 5.41) is 3.62. The lowest BCUT2D eigenvalue weighted by Gasteiger charge is -2.05. The lowest BCUT2D eigenvalue weighted by Crippen LogP contribution is -2.16. The van der Waals surface area contributed by atoms with Crippen molar-refractivity contribution >= 4 is 8.41 Å². The Labute approximate surface area is 172 Å². The zero-order valence-corrected chi connectivity index (χ0v) is 17.6. The molecule has 0 bridgehead atoms. The second-order valence-corrected chi connectivity index (χ2v) is 7.94. The van der Waals surface area contributed by atoms with Gasteiger partial charge in [-0.2, -0.15) is 0 Å². The van der Waals surface area contributed by atoms with Gasteiger partial charge in [-0.25, -0.2) is 0 Å². The summed E-state index contributed by atoms with van der Waals surface area (Å²) in [6.07, 6.45) is 22.4. The van der Waals surface area contributed by atoms with Crippen molar-refractivity contribution in [3.05, 3.63) is 35.9 Å². The first-order chi connectivity index (χ1) is 12.9. The Balaban J connectivity index is 0.00000676. The summed E-state index contributed by atoms with van der Waals surface area (Å²) in [6.45, 7) is 4.75. The van der Waals surface area contributed by atoms with Gasteiger partial charge >= 0.3 is 0 Å². The van der Waals surface area contributed by atoms with Crippen LogP contribution in [0.25, 0.3) is 0 Å². The van der Waals surface area contributed by atoms with Crippen molar-refractivity contribution in [2.45, 2.75) is 110 Å². The molecule has 0 unspecified atom stereocenters. The monoisotopic (exact) mass is 373 g/mol. The fraction of sp³-hybridized carbons (Fsp3) is 0.760. The maximum atomic E-state index is 3.62. The number of nitrogens with one attached hydrogen (secondary N) is 1. The first-order valence-corrected chi connectivity index (χ1v) is 11.7. The Morgan fingerprint density at radius 3 is 1.52 bits per heavy atom. The average molecular weight is 373 g/mol. The third-order valence-corrected chi connectivity index (χ3v) is 5.37. The van der Waals surface area contributed by atoms with Gasteiger partial charge in [0.1, 0.15) is 0 Å². The smallest absolute Gasteiger partial charge is 0.0814 e. The molecule has 0 fully saturated rings. The lowest BCUT2D eigenvalue weighted by atomic mass is 10.0. The third kappa shape index (κ3) is 18.4. The van der Waals surface area contributed by atoms with Crippen LogP contribution in [0.2, 0.25) is 0 Å². The van der Waals surface area contributed by atoms with E-state index in [9.17, 15) is 0 Å². The van der Waals surface area contributed by atoms with Crippen LogP contribution in [0, 0.1) is 0 Å². The van der Waals surface area contributed by atoms with E-state index in [1.807, 2.05) is 0 Å². The minimum Gasteiger partial charge on any atom is -0.317 e. The van der Waals surface area contributed by atoms with Gasteiger partial charge in [-0.1, -0.05) is 114 Å². The van der Waals surface area contributed by atoms with Gasteiger partial charge in [-0.15, -0.1) is 0 Å². The van der Waals surface area contributed by atoms with Gasteiger partial charge in [-0.05, 0) is 44.3 Å². The molecule has 0 saturated heterocycles. The number of rotatable bonds is 19. The molecule has 156 valence electrons. The van der Waals surface area contributed by atoms with Crippen LogP contribution in [0.15, 0.2) is 30.3 Å². The average Bonchev–Trinajstić information content (AvgIpc) is 2.68. The molecule has 0 amide bonds. The topological polar surface area (TPSA) is 12.0 Å². The SMILES string of the molecule is B.CCCCCCCCCNCCCCCCCCCCc1ccccc1. The molecule has 0 radical (unpaired) electrons. The normalized spacial score (nSPS) is 10.7. The van der Waals surface area contributed by atoms with Gasteiger partial charge in [0.25, 0.3) is 0 Å². The molecule has 2 heteroatoms. The molecule has 0 heterocycles. The molecule has 1 nitrogen and oxygen atoms in total. The van der Waals surface area contributed by atoms with Crippen LogP contribution in [0.5, 0.6) is 0 Å². The van der Waals surface area contributed by atoms with Crippen molar-refractivity contribution in [2.24, 2.45) is 0 Å². The molecule has 0 spiro atoms. The molecule has 1 N–H and O–H groups in total. The van der Waals surface area contributed by atoms with E-state index in [0.29, 0.717) is 0 Å². The highest BCUT2D eigenvalue weighted by molar-refractivity contribution is 5.75. The van der Waals surface area contributed by atoms with Gasteiger partial charge in [0.15, 0.2) is 0 Å². The number of hydrogen-bond acceptors (Lipinski definition) is 1. The van der Waals surface area contributed by atoms with E-state index < -0.39 is 0 Å². The quantitative estimate of drug-likeness (QED) is 0.215. The Bertz CT molecular complexity index is 379. The van der Waals surface area contributed by atoms with Crippen LogP contribution in [-0.2, 0) is 6.42 Å². The Kier molecular flexibility index (Phi) is 20.9. The fourth-order valence-electron chi connectivity index (χ4n) is 3.62. The molecule has 0 aromatic heterocycles. The van der Waals surface area contributed by atoms with E-state index in [2.05, 4.69) is 42.6 Å². The maximum Gasteiger partial charge on any atom is 0.0814 e. The third-order valence-electron chi connectivity index (χ3n) is 5.37. The van der Waals surface area contributed by atoms with Crippen molar-refractivity contribution in [1.82, 2.24) is 5.32 Å². The zero-order chi connectivity index (χ0) is 18.5. The number of aryl methyl sites for hydroxylation is 1. The first-order valence-electron chi connectivity index (χ1n) is 11.7. The number of hydrogen-bond donors (Lipinski definition) is 1. The van der Waals surface area contributed by atoms with E-state index in [1.165, 1.54) is 121 Å². The van der Waals surface area contributed by atoms with E-state index in [0.717, 1.165) is 0 Å². The number of benzene rings is 1. The van der Waals surface area contributed by atoms with Crippen LogP contribution < -0.4 is 5.32 Å². The molecule has 0 saturated carbocycles. The molecular formula is C25H48BN. The predicted molar refractivity (Wildman–Crippen MR) is 128 cm³/mol. The maximum absolute atomic E-state index is 3.62. The summed E-state index contributed by atoms with van der Waals surface area (Å²) in [5.74, 6) is 0. The van der Waals surface area contributed by atoms with Crippen LogP contribution in [0.3, 0.4) is 0 Å². The van der Waals surface area contributed by atoms with Crippen molar-refractivity contribution in [3.63, 3.8) is 0 Å². The van der Waals surface area contributed by atoms with Crippen LogP contribution >= 0.6 is 0 Å². The highest BCUT2D eigenvalue weighted by atomic mass is 14.8. The van der Waals surface area contributed by atoms with Crippen LogP contribution in [0.4, 0.5) is 0 Å². The van der Waals surface area contributed by atoms with Gasteiger partial charge in [-0.3, -0.25) is 0 Å². The van der Waals surface area contributed by atoms with Crippen LogP contribution in [-0.4, -0.2) is 21.5 Å². The molecule has 0 aliphatic rings. The second-order valence-electron chi connectivity index (χ2n) is 7.94. The summed E-state index contributed by atoms with van der Waals surface area (Å²) in [5.41, 5.74) is 1.50. The standard InChI is InChI=1S/C25H45N.BH3/c1-2-3-4-5-9-12-18-23-26-24-19-13-10-7-6-8-11-15-20-25-21-16-14-17-22-25;/h14,16-17,21-22,26H,2-13,15,18-20,23-24H2,1H3;1H3. The molecule has 0 aliphatic heterocycles. The largest absolute Gasteiger partial charge is 0.317 e. The minimum absolute atomic E-state index is 0. The summed E-state index contributed by atoms with van der Waals surface area (Å²) >= 11 is 0. The molecule has 27 heavy (non-hydrogen) atoms. The van der Waals surface area contributed by atoms with E-state index in [1.54, 1.807) is 0 Å². The molecular weight excluding hydrogens is 325 g/mol. The van der Waals surface area contributed by atoms with E-state index in [4.69, 9.17) is 0 Å². The van der Waals surface area contributed by atoms with Crippen molar-refractivity contribution < 1.29 is 0 Å². The molecule has 1 aromatic carbocycles. The van der Waals surface area contributed by atoms with Crippen molar-refractivity contribution in [2.75, 3.05) is 13.1 Å². The Morgan fingerprint density at radius 1 is 0.556 bits per heavy atom. The fourth-order valence-corrected chi connectivity index (χ4v) is 3.62. The molecule has 1 rings (SSSR count). The van der Waals surface area contributed by atoms with Gasteiger partial charge in [0, 0.05) is 0 Å². The number of unbranched alkanes of at least 4 members (excludes halogenated alkanes) is 13. The van der Waals surface area contributed by atoms with Crippen molar-refractivity contribution in [3.8, 4) is 0 Å².